The van der Waals surface area contributed by atoms with Gasteiger partial charge in [-0.3, -0.25) is 19.7 Å². The molecule has 0 radical (unpaired) electrons. The molecule has 1 aromatic carbocycles. The lowest BCUT2D eigenvalue weighted by molar-refractivity contribution is -0.385. The topological polar surface area (TPSA) is 101 Å². The number of nitro groups is 1. The summed E-state index contributed by atoms with van der Waals surface area (Å²) in [6.45, 7) is 1.55. The smallest absolute Gasteiger partial charge is 0.323 e. The average Bonchev–Trinajstić information content (AvgIpc) is 2.37. The zero-order chi connectivity index (χ0) is 14.4. The van der Waals surface area contributed by atoms with Crippen LogP contribution in [-0.2, 0) is 4.79 Å². The number of aliphatic carboxylic acids is 1. The largest absolute Gasteiger partial charge is 0.480 e. The van der Waals surface area contributed by atoms with Gasteiger partial charge in [0.1, 0.15) is 12.1 Å². The van der Waals surface area contributed by atoms with Gasteiger partial charge in [-0.25, -0.2) is 0 Å². The Balaban J connectivity index is 3.08. The van der Waals surface area contributed by atoms with Gasteiger partial charge in [0.2, 0.25) is 0 Å². The number of hydrogen-bond donors (Lipinski definition) is 1. The molecule has 0 aromatic heterocycles. The number of para-hydroxylation sites is 1. The summed E-state index contributed by atoms with van der Waals surface area (Å²) in [5.74, 6) is -1.79. The van der Waals surface area contributed by atoms with Crippen LogP contribution >= 0.6 is 0 Å². The van der Waals surface area contributed by atoms with Gasteiger partial charge in [-0.1, -0.05) is 19.1 Å². The molecule has 1 N–H and O–H groups in total. The van der Waals surface area contributed by atoms with E-state index in [1.54, 1.807) is 6.92 Å². The molecule has 19 heavy (non-hydrogen) atoms. The number of amides is 1. The van der Waals surface area contributed by atoms with E-state index in [4.69, 9.17) is 5.11 Å². The van der Waals surface area contributed by atoms with Gasteiger partial charge in [0.15, 0.2) is 0 Å². The summed E-state index contributed by atoms with van der Waals surface area (Å²) in [6, 6.07) is 5.50. The molecule has 1 aromatic rings. The van der Waals surface area contributed by atoms with Crippen molar-refractivity contribution in [3.8, 4) is 0 Å². The normalized spacial score (nSPS) is 9.95. The first-order chi connectivity index (χ1) is 8.97. The number of nitro benzene ring substituents is 1. The van der Waals surface area contributed by atoms with Gasteiger partial charge in [0.25, 0.3) is 11.6 Å². The third kappa shape index (κ3) is 3.77. The predicted octanol–water partition coefficient (Wildman–Crippen LogP) is 1.53. The molecular weight excluding hydrogens is 252 g/mol. The highest BCUT2D eigenvalue weighted by Gasteiger charge is 2.24. The lowest BCUT2D eigenvalue weighted by Gasteiger charge is -2.19. The van der Waals surface area contributed by atoms with E-state index in [9.17, 15) is 19.7 Å². The summed E-state index contributed by atoms with van der Waals surface area (Å²) in [4.78, 5) is 34.1. The Morgan fingerprint density at radius 1 is 1.37 bits per heavy atom. The number of nitrogens with zero attached hydrogens (tertiary/aromatic N) is 2. The standard InChI is InChI=1S/C12H14N2O5/c1-2-7-13(8-11(15)16)12(17)9-5-3-4-6-10(9)14(18)19/h3-6H,2,7-8H2,1H3,(H,15,16). The molecule has 0 aliphatic carbocycles. The molecule has 0 saturated carbocycles. The first-order valence-electron chi connectivity index (χ1n) is 5.71. The highest BCUT2D eigenvalue weighted by Crippen LogP contribution is 2.19. The van der Waals surface area contributed by atoms with Crippen LogP contribution in [0.3, 0.4) is 0 Å². The minimum atomic E-state index is -1.15. The van der Waals surface area contributed by atoms with Crippen molar-refractivity contribution in [2.24, 2.45) is 0 Å². The third-order valence-corrected chi connectivity index (χ3v) is 2.44. The monoisotopic (exact) mass is 266 g/mol. The molecule has 0 saturated heterocycles. The minimum Gasteiger partial charge on any atom is -0.480 e. The fourth-order valence-corrected chi connectivity index (χ4v) is 1.67. The van der Waals surface area contributed by atoms with Crippen LogP contribution in [0.25, 0.3) is 0 Å². The van der Waals surface area contributed by atoms with Crippen LogP contribution in [-0.4, -0.2) is 39.9 Å². The molecule has 0 spiro atoms. The van der Waals surface area contributed by atoms with Gasteiger partial charge < -0.3 is 10.0 Å². The van der Waals surface area contributed by atoms with Crippen molar-refractivity contribution in [3.05, 3.63) is 39.9 Å². The third-order valence-electron chi connectivity index (χ3n) is 2.44. The van der Waals surface area contributed by atoms with Gasteiger partial charge in [0.05, 0.1) is 4.92 Å². The van der Waals surface area contributed by atoms with Gasteiger partial charge in [-0.05, 0) is 12.5 Å². The first kappa shape index (κ1) is 14.6. The number of rotatable bonds is 6. The van der Waals surface area contributed by atoms with Crippen molar-refractivity contribution in [2.75, 3.05) is 13.1 Å². The Hall–Kier alpha value is -2.44. The average molecular weight is 266 g/mol. The maximum Gasteiger partial charge on any atom is 0.323 e. The van der Waals surface area contributed by atoms with E-state index in [1.807, 2.05) is 0 Å². The number of hydrogen-bond acceptors (Lipinski definition) is 4. The van der Waals surface area contributed by atoms with Crippen molar-refractivity contribution < 1.29 is 19.6 Å². The molecule has 7 heteroatoms. The maximum atomic E-state index is 12.2. The molecule has 7 nitrogen and oxygen atoms in total. The molecule has 1 amide bonds. The lowest BCUT2D eigenvalue weighted by atomic mass is 10.1. The number of carbonyl (C=O) groups excluding carboxylic acids is 1. The first-order valence-corrected chi connectivity index (χ1v) is 5.71. The van der Waals surface area contributed by atoms with Crippen molar-refractivity contribution in [3.63, 3.8) is 0 Å². The number of carbonyl (C=O) groups is 2. The van der Waals surface area contributed by atoms with E-state index in [1.165, 1.54) is 24.3 Å². The Bertz CT molecular complexity index is 501. The van der Waals surface area contributed by atoms with E-state index < -0.39 is 23.3 Å². The van der Waals surface area contributed by atoms with Gasteiger partial charge >= 0.3 is 5.97 Å². The molecule has 0 aliphatic rings. The van der Waals surface area contributed by atoms with Crippen molar-refractivity contribution in [1.82, 2.24) is 4.90 Å². The van der Waals surface area contributed by atoms with E-state index in [-0.39, 0.29) is 17.8 Å². The summed E-state index contributed by atoms with van der Waals surface area (Å²) in [6.07, 6.45) is 0.569. The van der Waals surface area contributed by atoms with Crippen LogP contribution in [0.1, 0.15) is 23.7 Å². The summed E-state index contributed by atoms with van der Waals surface area (Å²) in [5, 5.41) is 19.6. The number of carboxylic acids is 1. The Morgan fingerprint density at radius 2 is 2.00 bits per heavy atom. The molecule has 0 atom stereocenters. The second kappa shape index (κ2) is 6.48. The molecular formula is C12H14N2O5. The number of benzene rings is 1. The van der Waals surface area contributed by atoms with Crippen LogP contribution < -0.4 is 0 Å². The SMILES string of the molecule is CCCN(CC(=O)O)C(=O)c1ccccc1[N+](=O)[O-]. The molecule has 0 aliphatic heterocycles. The summed E-state index contributed by atoms with van der Waals surface area (Å²) < 4.78 is 0. The van der Waals surface area contributed by atoms with Gasteiger partial charge in [0, 0.05) is 12.6 Å². The predicted molar refractivity (Wildman–Crippen MR) is 66.9 cm³/mol. The Morgan fingerprint density at radius 3 is 2.53 bits per heavy atom. The lowest BCUT2D eigenvalue weighted by Crippen LogP contribution is -2.36. The second-order valence-corrected chi connectivity index (χ2v) is 3.89. The molecule has 0 bridgehead atoms. The minimum absolute atomic E-state index is 0.0952. The van der Waals surface area contributed by atoms with E-state index in [0.717, 1.165) is 4.90 Å². The summed E-state index contributed by atoms with van der Waals surface area (Å²) in [5.41, 5.74) is -0.416. The fourth-order valence-electron chi connectivity index (χ4n) is 1.67. The molecule has 102 valence electrons. The van der Waals surface area contributed by atoms with Crippen LogP contribution in [0.5, 0.6) is 0 Å². The van der Waals surface area contributed by atoms with Crippen molar-refractivity contribution in [1.29, 1.82) is 0 Å². The van der Waals surface area contributed by atoms with Crippen LogP contribution in [0.4, 0.5) is 5.69 Å². The zero-order valence-electron chi connectivity index (χ0n) is 10.4. The highest BCUT2D eigenvalue weighted by molar-refractivity contribution is 5.99. The van der Waals surface area contributed by atoms with Crippen LogP contribution in [0, 0.1) is 10.1 Å². The molecule has 1 rings (SSSR count). The number of carboxylic acid groups (broad SMARTS) is 1. The fraction of sp³-hybridized carbons (Fsp3) is 0.333. The molecule has 0 heterocycles. The molecule has 0 fully saturated rings. The summed E-state index contributed by atoms with van der Waals surface area (Å²) in [7, 11) is 0. The van der Waals surface area contributed by atoms with Gasteiger partial charge in [-0.15, -0.1) is 0 Å². The van der Waals surface area contributed by atoms with E-state index in [2.05, 4.69) is 0 Å². The molecule has 0 unspecified atom stereocenters. The summed E-state index contributed by atoms with van der Waals surface area (Å²) >= 11 is 0. The second-order valence-electron chi connectivity index (χ2n) is 3.89. The van der Waals surface area contributed by atoms with E-state index >= 15 is 0 Å². The Kier molecular flexibility index (Phi) is 4.99. The van der Waals surface area contributed by atoms with Crippen LogP contribution in [0.2, 0.25) is 0 Å². The Labute approximate surface area is 109 Å². The van der Waals surface area contributed by atoms with Crippen molar-refractivity contribution >= 4 is 17.6 Å². The van der Waals surface area contributed by atoms with Crippen molar-refractivity contribution in [2.45, 2.75) is 13.3 Å². The zero-order valence-corrected chi connectivity index (χ0v) is 10.4. The highest BCUT2D eigenvalue weighted by atomic mass is 16.6. The maximum absolute atomic E-state index is 12.2. The van der Waals surface area contributed by atoms with Gasteiger partial charge in [-0.2, -0.15) is 0 Å². The van der Waals surface area contributed by atoms with E-state index in [0.29, 0.717) is 6.42 Å². The quantitative estimate of drug-likeness (QED) is 0.621. The van der Waals surface area contributed by atoms with Crippen LogP contribution in [0.15, 0.2) is 24.3 Å².